The van der Waals surface area contributed by atoms with Gasteiger partial charge in [-0.15, -0.1) is 11.8 Å². The minimum absolute atomic E-state index is 0.147. The van der Waals surface area contributed by atoms with Crippen molar-refractivity contribution < 1.29 is 32.3 Å². The Balaban J connectivity index is 0.998. The number of aromatic nitrogens is 1. The van der Waals surface area contributed by atoms with E-state index in [0.29, 0.717) is 22.9 Å². The molecule has 1 saturated heterocycles. The van der Waals surface area contributed by atoms with Crippen LogP contribution in [0.3, 0.4) is 0 Å². The van der Waals surface area contributed by atoms with E-state index in [2.05, 4.69) is 10.3 Å². The van der Waals surface area contributed by atoms with E-state index in [4.69, 9.17) is 4.74 Å². The van der Waals surface area contributed by atoms with E-state index in [1.54, 1.807) is 6.07 Å². The van der Waals surface area contributed by atoms with Crippen molar-refractivity contribution in [3.63, 3.8) is 0 Å². The number of imide groups is 1. The summed E-state index contributed by atoms with van der Waals surface area (Å²) in [7, 11) is 0. The molecule has 4 aromatic carbocycles. The summed E-state index contributed by atoms with van der Waals surface area (Å²) >= 11 is 2.60. The number of carbonyl (C=O) groups excluding carboxylic acids is 3. The number of halogens is 3. The van der Waals surface area contributed by atoms with Gasteiger partial charge in [-0.3, -0.25) is 19.2 Å². The number of benzene rings is 4. The first-order valence-corrected chi connectivity index (χ1v) is 18.2. The number of nitrogens with one attached hydrogen (secondary N) is 2. The highest BCUT2D eigenvalue weighted by Crippen LogP contribution is 2.69. The summed E-state index contributed by atoms with van der Waals surface area (Å²) in [6, 6.07) is 25.5. The molecule has 4 aliphatic rings. The molecular weight excluding hydrogens is 700 g/mol. The summed E-state index contributed by atoms with van der Waals surface area (Å²) in [5.41, 5.74) is 0.0196. The molecule has 0 spiro atoms. The van der Waals surface area contributed by atoms with E-state index < -0.39 is 41.1 Å². The van der Waals surface area contributed by atoms with Crippen molar-refractivity contribution in [3.8, 4) is 5.75 Å². The lowest BCUT2D eigenvalue weighted by atomic mass is 9.68. The van der Waals surface area contributed by atoms with Crippen molar-refractivity contribution in [3.05, 3.63) is 117 Å². The van der Waals surface area contributed by atoms with Crippen LogP contribution in [0.15, 0.2) is 101 Å². The summed E-state index contributed by atoms with van der Waals surface area (Å²) < 4.78 is 48.0. The molecule has 3 heterocycles. The predicted molar refractivity (Wildman–Crippen MR) is 187 cm³/mol. The predicted octanol–water partition coefficient (Wildman–Crippen LogP) is 7.30. The molecule has 2 aliphatic heterocycles. The van der Waals surface area contributed by atoms with Gasteiger partial charge >= 0.3 is 11.0 Å². The van der Waals surface area contributed by atoms with Crippen LogP contribution in [0.2, 0.25) is 0 Å². The summed E-state index contributed by atoms with van der Waals surface area (Å²) in [5, 5.41) is 5.48. The summed E-state index contributed by atoms with van der Waals surface area (Å²) in [4.78, 5) is 57.8. The Morgan fingerprint density at radius 3 is 2.43 bits per heavy atom. The van der Waals surface area contributed by atoms with Crippen molar-refractivity contribution >= 4 is 63.0 Å². The molecule has 3 fully saturated rings. The molecule has 5 aromatic rings. The van der Waals surface area contributed by atoms with Crippen molar-refractivity contribution in [2.75, 3.05) is 16.8 Å². The van der Waals surface area contributed by atoms with Crippen LogP contribution in [0.1, 0.15) is 28.3 Å². The number of anilines is 2. The third-order valence-electron chi connectivity index (χ3n) is 10.8. The third kappa shape index (κ3) is 5.19. The molecule has 2 saturated carbocycles. The normalized spacial score (nSPS) is 26.3. The van der Waals surface area contributed by atoms with Crippen LogP contribution in [-0.4, -0.2) is 34.6 Å². The van der Waals surface area contributed by atoms with Gasteiger partial charge in [-0.2, -0.15) is 13.2 Å². The molecule has 3 amide bonds. The molecule has 1 aromatic heterocycles. The zero-order valence-electron chi connectivity index (χ0n) is 26.6. The van der Waals surface area contributed by atoms with Gasteiger partial charge in [-0.1, -0.05) is 65.9 Å². The first-order chi connectivity index (χ1) is 24.6. The Morgan fingerprint density at radius 2 is 1.63 bits per heavy atom. The standard InChI is InChI=1S/C38H28F3N3O5S2/c39-38(40,41)25-10-3-4-11-26(25)44-35(46)30-23-16-24(31(30)36(44)47)32-29(23)28(33-34(50-32)43-37(48)51-33)20-8-5-9-22(15-20)49-17-27(45)42-21-13-12-18-6-1-2-7-19(18)14-21/h1-15,23-24,28-32H,16-17H2,(H,42,45)(H,43,48)/t23-,24-,28+,29-,30+,31+,32-/m1/s1. The molecule has 9 rings (SSSR count). The van der Waals surface area contributed by atoms with E-state index in [-0.39, 0.29) is 46.3 Å². The maximum atomic E-state index is 14.1. The van der Waals surface area contributed by atoms with Gasteiger partial charge in [0, 0.05) is 21.7 Å². The lowest BCUT2D eigenvalue weighted by Crippen LogP contribution is -2.42. The maximum absolute atomic E-state index is 14.1. The fourth-order valence-electron chi connectivity index (χ4n) is 8.95. The van der Waals surface area contributed by atoms with E-state index in [1.807, 2.05) is 60.7 Å². The molecule has 258 valence electrons. The number of thiazole rings is 1. The van der Waals surface area contributed by atoms with Gasteiger partial charge in [-0.25, -0.2) is 4.90 Å². The van der Waals surface area contributed by atoms with Gasteiger partial charge in [0.05, 0.1) is 28.1 Å². The van der Waals surface area contributed by atoms with Gasteiger partial charge in [0.2, 0.25) is 11.8 Å². The first-order valence-electron chi connectivity index (χ1n) is 16.5. The molecule has 7 atom stereocenters. The average Bonchev–Trinajstić information content (AvgIpc) is 3.85. The number of H-pyrrole nitrogens is 1. The first kappa shape index (κ1) is 32.1. The Morgan fingerprint density at radius 1 is 0.882 bits per heavy atom. The monoisotopic (exact) mass is 727 g/mol. The molecule has 2 N–H and O–H groups in total. The van der Waals surface area contributed by atoms with Crippen LogP contribution in [0.4, 0.5) is 24.5 Å². The van der Waals surface area contributed by atoms with Crippen molar-refractivity contribution in [2.45, 2.75) is 28.8 Å². The fourth-order valence-corrected chi connectivity index (χ4v) is 11.8. The number of aromatic amines is 1. The summed E-state index contributed by atoms with van der Waals surface area (Å²) in [6.07, 6.45) is -4.15. The van der Waals surface area contributed by atoms with E-state index in [9.17, 15) is 32.3 Å². The molecule has 8 nitrogen and oxygen atoms in total. The van der Waals surface area contributed by atoms with Crippen LogP contribution in [0, 0.1) is 29.6 Å². The second-order valence-corrected chi connectivity index (χ2v) is 15.7. The third-order valence-corrected chi connectivity index (χ3v) is 13.4. The van der Waals surface area contributed by atoms with Crippen molar-refractivity contribution in [1.82, 2.24) is 4.98 Å². The number of fused-ring (bicyclic) bond motifs is 10. The average molecular weight is 728 g/mol. The van der Waals surface area contributed by atoms with Crippen LogP contribution in [0.25, 0.3) is 10.8 Å². The second-order valence-electron chi connectivity index (χ2n) is 13.5. The number of hydrogen-bond donors (Lipinski definition) is 2. The summed E-state index contributed by atoms with van der Waals surface area (Å²) in [6.45, 7) is -0.244. The fraction of sp³-hybridized carbons (Fsp3) is 0.263. The highest BCUT2D eigenvalue weighted by atomic mass is 32.2. The van der Waals surface area contributed by atoms with E-state index >= 15 is 0 Å². The van der Waals surface area contributed by atoms with Gasteiger partial charge < -0.3 is 15.0 Å². The zero-order chi connectivity index (χ0) is 35.2. The number of thioether (sulfide) groups is 1. The number of alkyl halides is 3. The lowest BCUT2D eigenvalue weighted by Gasteiger charge is -2.43. The Kier molecular flexibility index (Phi) is 7.44. The molecule has 2 bridgehead atoms. The van der Waals surface area contributed by atoms with Crippen molar-refractivity contribution in [1.29, 1.82) is 0 Å². The largest absolute Gasteiger partial charge is 0.484 e. The number of amides is 3. The van der Waals surface area contributed by atoms with E-state index in [0.717, 1.165) is 43.5 Å². The number of carbonyl (C=O) groups is 3. The second kappa shape index (κ2) is 11.8. The number of rotatable bonds is 6. The van der Waals surface area contributed by atoms with Gasteiger partial charge in [0.25, 0.3) is 5.91 Å². The quantitative estimate of drug-likeness (QED) is 0.178. The molecule has 0 unspecified atom stereocenters. The topological polar surface area (TPSA) is 109 Å². The van der Waals surface area contributed by atoms with Gasteiger partial charge in [0.1, 0.15) is 5.75 Å². The highest BCUT2D eigenvalue weighted by molar-refractivity contribution is 8.00. The van der Waals surface area contributed by atoms with Crippen LogP contribution in [-0.2, 0) is 20.6 Å². The zero-order valence-corrected chi connectivity index (χ0v) is 28.2. The van der Waals surface area contributed by atoms with Gasteiger partial charge in [0.15, 0.2) is 6.61 Å². The molecule has 13 heteroatoms. The van der Waals surface area contributed by atoms with Crippen LogP contribution in [0.5, 0.6) is 5.75 Å². The molecule has 2 aliphatic carbocycles. The maximum Gasteiger partial charge on any atom is 0.418 e. The number of ether oxygens (including phenoxy) is 1. The Bertz CT molecular complexity index is 2320. The Hall–Kier alpha value is -4.88. The smallest absolute Gasteiger partial charge is 0.418 e. The Labute approximate surface area is 297 Å². The highest BCUT2D eigenvalue weighted by Gasteiger charge is 2.70. The number of nitrogens with zero attached hydrogens (tertiary/aromatic N) is 1. The lowest BCUT2D eigenvalue weighted by molar-refractivity contribution is -0.137. The van der Waals surface area contributed by atoms with Crippen molar-refractivity contribution in [2.24, 2.45) is 29.6 Å². The van der Waals surface area contributed by atoms with Gasteiger partial charge in [-0.05, 0) is 76.9 Å². The minimum Gasteiger partial charge on any atom is -0.484 e. The van der Waals surface area contributed by atoms with Crippen LogP contribution >= 0.6 is 23.1 Å². The minimum atomic E-state index is -4.74. The summed E-state index contributed by atoms with van der Waals surface area (Å²) in [5.74, 6) is -3.62. The molecule has 0 radical (unpaired) electrons. The molecule has 51 heavy (non-hydrogen) atoms. The van der Waals surface area contributed by atoms with E-state index in [1.165, 1.54) is 30.0 Å². The molecular formula is C38H28F3N3O5S2. The number of hydrogen-bond acceptors (Lipinski definition) is 7. The van der Waals surface area contributed by atoms with Crippen LogP contribution < -0.4 is 19.8 Å². The SMILES string of the molecule is O=C(COc1cccc([C@@H]2c3sc(=O)[nH]c3S[C@@H]3[C@@H]4C[C@@H]([C@@H]5C(=O)N(c6ccccc6C(F)(F)F)C(=O)[C@@H]45)[C@H]23)c1)Nc1ccc2ccccc2c1. The number of para-hydroxylation sites is 1.